The number of nitrogens with zero attached hydrogens (tertiary/aromatic N) is 5. The monoisotopic (exact) mass is 444 g/mol. The summed E-state index contributed by atoms with van der Waals surface area (Å²) in [4.78, 5) is 4.11. The Kier molecular flexibility index (Phi) is 4.78. The highest BCUT2D eigenvalue weighted by molar-refractivity contribution is 6.38. The van der Waals surface area contributed by atoms with Crippen molar-refractivity contribution in [3.8, 4) is 5.69 Å². The Morgan fingerprint density at radius 1 is 0.969 bits per heavy atom. The van der Waals surface area contributed by atoms with Crippen molar-refractivity contribution < 1.29 is 4.74 Å². The first-order chi connectivity index (χ1) is 15.8. The zero-order valence-corrected chi connectivity index (χ0v) is 18.0. The van der Waals surface area contributed by atoms with Crippen molar-refractivity contribution in [3.63, 3.8) is 0 Å². The van der Waals surface area contributed by atoms with E-state index in [2.05, 4.69) is 15.4 Å². The molecule has 3 aromatic heterocycles. The molecule has 1 fully saturated rings. The molecule has 0 bridgehead atoms. The van der Waals surface area contributed by atoms with Crippen molar-refractivity contribution in [1.29, 1.82) is 0 Å². The molecule has 0 radical (unpaired) electrons. The minimum atomic E-state index is -0.0314. The van der Waals surface area contributed by atoms with Crippen LogP contribution in [0.15, 0.2) is 67.1 Å². The van der Waals surface area contributed by atoms with Crippen LogP contribution in [0.1, 0.15) is 25.5 Å². The molecular formula is C24H21ClN6O. The van der Waals surface area contributed by atoms with Gasteiger partial charge in [-0.15, -0.1) is 5.10 Å². The van der Waals surface area contributed by atoms with Crippen LogP contribution < -0.4 is 5.32 Å². The lowest BCUT2D eigenvalue weighted by atomic mass is 10.2. The van der Waals surface area contributed by atoms with Gasteiger partial charge in [0.1, 0.15) is 0 Å². The lowest BCUT2D eigenvalue weighted by molar-refractivity contribution is -0.0366. The second-order valence-electron chi connectivity index (χ2n) is 7.88. The number of ether oxygens (including phenoxy) is 1. The summed E-state index contributed by atoms with van der Waals surface area (Å²) < 4.78 is 9.76. The quantitative estimate of drug-likeness (QED) is 0.375. The molecule has 1 aliphatic rings. The Bertz CT molecular complexity index is 1400. The van der Waals surface area contributed by atoms with E-state index in [0.29, 0.717) is 5.02 Å². The molecule has 1 atom stereocenters. The summed E-state index contributed by atoms with van der Waals surface area (Å²) in [5.41, 5.74) is 3.70. The van der Waals surface area contributed by atoms with Gasteiger partial charge in [-0.2, -0.15) is 5.10 Å². The third-order valence-corrected chi connectivity index (χ3v) is 6.30. The Balaban J connectivity index is 1.40. The number of benzene rings is 2. The van der Waals surface area contributed by atoms with Gasteiger partial charge in [0.15, 0.2) is 12.0 Å². The van der Waals surface area contributed by atoms with E-state index >= 15 is 0 Å². The maximum atomic E-state index is 6.82. The number of fused-ring (bicyclic) bond motifs is 2. The van der Waals surface area contributed by atoms with Crippen molar-refractivity contribution in [3.05, 3.63) is 72.1 Å². The Hall–Kier alpha value is -3.42. The highest BCUT2D eigenvalue weighted by Crippen LogP contribution is 2.36. The number of halogens is 1. The topological polar surface area (TPSA) is 69.8 Å². The van der Waals surface area contributed by atoms with Crippen molar-refractivity contribution in [2.75, 3.05) is 11.9 Å². The molecular weight excluding hydrogens is 424 g/mol. The van der Waals surface area contributed by atoms with E-state index in [4.69, 9.17) is 21.4 Å². The fraction of sp³-hybridized carbons (Fsp3) is 0.208. The SMILES string of the molecule is Clc1c(Nc2nn(-c3ccncc3)c3ccccc23)ccc2c1cnn2C1CCCCO1. The molecule has 2 aromatic carbocycles. The van der Waals surface area contributed by atoms with Crippen LogP contribution in [0.3, 0.4) is 0 Å². The van der Waals surface area contributed by atoms with Crippen molar-refractivity contribution >= 4 is 44.9 Å². The standard InChI is InChI=1S/C24H21ClN6O/c25-23-18-15-27-31(22-7-3-4-14-32-22)21(18)9-8-19(23)28-24-17-5-1-2-6-20(17)30(29-24)16-10-12-26-13-11-16/h1-2,5-6,8-13,15,22H,3-4,7,14H2,(H,28,29). The predicted octanol–water partition coefficient (Wildman–Crippen LogP) is 5.87. The van der Waals surface area contributed by atoms with Gasteiger partial charge in [0.25, 0.3) is 0 Å². The Morgan fingerprint density at radius 2 is 1.84 bits per heavy atom. The summed E-state index contributed by atoms with van der Waals surface area (Å²) in [5.74, 6) is 0.738. The number of rotatable bonds is 4. The van der Waals surface area contributed by atoms with Crippen LogP contribution >= 0.6 is 11.6 Å². The number of hydrogen-bond acceptors (Lipinski definition) is 5. The third kappa shape index (κ3) is 3.21. The molecule has 7 nitrogen and oxygen atoms in total. The van der Waals surface area contributed by atoms with Crippen LogP contribution in [0.4, 0.5) is 11.5 Å². The van der Waals surface area contributed by atoms with Gasteiger partial charge in [0.2, 0.25) is 0 Å². The smallest absolute Gasteiger partial charge is 0.160 e. The van der Waals surface area contributed by atoms with E-state index in [0.717, 1.165) is 64.9 Å². The number of aromatic nitrogens is 5. The highest BCUT2D eigenvalue weighted by Gasteiger charge is 2.20. The van der Waals surface area contributed by atoms with Gasteiger partial charge in [-0.3, -0.25) is 4.98 Å². The number of para-hydroxylation sites is 1. The number of pyridine rings is 1. The fourth-order valence-corrected chi connectivity index (χ4v) is 4.55. The fourth-order valence-electron chi connectivity index (χ4n) is 4.30. The largest absolute Gasteiger partial charge is 0.356 e. The average Bonchev–Trinajstić information content (AvgIpc) is 3.45. The van der Waals surface area contributed by atoms with Gasteiger partial charge in [-0.05, 0) is 55.7 Å². The van der Waals surface area contributed by atoms with Crippen LogP contribution in [0.5, 0.6) is 0 Å². The second kappa shape index (κ2) is 7.93. The third-order valence-electron chi connectivity index (χ3n) is 5.89. The van der Waals surface area contributed by atoms with E-state index < -0.39 is 0 Å². The van der Waals surface area contributed by atoms with Gasteiger partial charge < -0.3 is 10.1 Å². The van der Waals surface area contributed by atoms with Crippen LogP contribution in [0.2, 0.25) is 5.02 Å². The summed E-state index contributed by atoms with van der Waals surface area (Å²) in [6.45, 7) is 0.770. The first kappa shape index (κ1) is 19.3. The highest BCUT2D eigenvalue weighted by atomic mass is 35.5. The molecule has 5 aromatic rings. The van der Waals surface area contributed by atoms with Gasteiger partial charge in [0, 0.05) is 29.8 Å². The Morgan fingerprint density at radius 3 is 2.69 bits per heavy atom. The molecule has 6 rings (SSSR count). The van der Waals surface area contributed by atoms with E-state index in [9.17, 15) is 0 Å². The van der Waals surface area contributed by atoms with E-state index in [1.54, 1.807) is 12.4 Å². The molecule has 0 spiro atoms. The summed E-state index contributed by atoms with van der Waals surface area (Å²) >= 11 is 6.82. The summed E-state index contributed by atoms with van der Waals surface area (Å²) in [6, 6.07) is 16.0. The molecule has 160 valence electrons. The molecule has 0 saturated carbocycles. The van der Waals surface area contributed by atoms with Crippen molar-refractivity contribution in [2.45, 2.75) is 25.5 Å². The van der Waals surface area contributed by atoms with Crippen LogP contribution in [0.25, 0.3) is 27.5 Å². The number of nitrogens with one attached hydrogen (secondary N) is 1. The van der Waals surface area contributed by atoms with Crippen molar-refractivity contribution in [2.24, 2.45) is 0 Å². The molecule has 0 amide bonds. The molecule has 1 N–H and O–H groups in total. The minimum absolute atomic E-state index is 0.0314. The van der Waals surface area contributed by atoms with Gasteiger partial charge in [-0.25, -0.2) is 9.36 Å². The average molecular weight is 445 g/mol. The molecule has 1 aliphatic heterocycles. The van der Waals surface area contributed by atoms with Crippen LogP contribution in [-0.2, 0) is 4.74 Å². The first-order valence-electron chi connectivity index (χ1n) is 10.7. The van der Waals surface area contributed by atoms with Crippen molar-refractivity contribution in [1.82, 2.24) is 24.5 Å². The van der Waals surface area contributed by atoms with E-state index in [1.165, 1.54) is 0 Å². The lowest BCUT2D eigenvalue weighted by Gasteiger charge is -2.23. The minimum Gasteiger partial charge on any atom is -0.356 e. The van der Waals surface area contributed by atoms with Gasteiger partial charge in [-0.1, -0.05) is 23.7 Å². The second-order valence-corrected chi connectivity index (χ2v) is 8.26. The number of hydrogen-bond donors (Lipinski definition) is 1. The van der Waals surface area contributed by atoms with Crippen LogP contribution in [-0.4, -0.2) is 31.2 Å². The summed E-state index contributed by atoms with van der Waals surface area (Å²) in [5, 5.41) is 15.4. The first-order valence-corrected chi connectivity index (χ1v) is 11.1. The zero-order chi connectivity index (χ0) is 21.5. The van der Waals surface area contributed by atoms with Gasteiger partial charge >= 0.3 is 0 Å². The molecule has 1 saturated heterocycles. The molecule has 4 heterocycles. The predicted molar refractivity (Wildman–Crippen MR) is 126 cm³/mol. The maximum Gasteiger partial charge on any atom is 0.160 e. The molecule has 0 aliphatic carbocycles. The lowest BCUT2D eigenvalue weighted by Crippen LogP contribution is -2.18. The normalized spacial score (nSPS) is 16.6. The zero-order valence-electron chi connectivity index (χ0n) is 17.3. The molecule has 1 unspecified atom stereocenters. The summed E-state index contributed by atoms with van der Waals surface area (Å²) in [7, 11) is 0. The van der Waals surface area contributed by atoms with E-state index in [1.807, 2.05) is 64.1 Å². The van der Waals surface area contributed by atoms with Gasteiger partial charge in [0.05, 0.1) is 33.6 Å². The Labute approximate surface area is 189 Å². The number of anilines is 2. The maximum absolute atomic E-state index is 6.82. The van der Waals surface area contributed by atoms with Crippen LogP contribution in [0, 0.1) is 0 Å². The summed E-state index contributed by atoms with van der Waals surface area (Å²) in [6.07, 6.45) is 8.52. The van der Waals surface area contributed by atoms with E-state index in [-0.39, 0.29) is 6.23 Å². The molecule has 32 heavy (non-hydrogen) atoms. The molecule has 8 heteroatoms.